The zero-order valence-corrected chi connectivity index (χ0v) is 6.30. The molecule has 0 saturated heterocycles. The summed E-state index contributed by atoms with van der Waals surface area (Å²) < 4.78 is 11.7. The van der Waals surface area contributed by atoms with Gasteiger partial charge in [-0.25, -0.2) is 9.37 Å². The summed E-state index contributed by atoms with van der Waals surface area (Å²) >= 11 is 0. The summed E-state index contributed by atoms with van der Waals surface area (Å²) in [6.07, 6.45) is 1.21. The minimum Gasteiger partial charge on any atom is -0.391 e. The Morgan fingerprint density at radius 3 is 3.17 bits per heavy atom. The van der Waals surface area contributed by atoms with E-state index in [0.717, 1.165) is 0 Å². The van der Waals surface area contributed by atoms with E-state index in [9.17, 15) is 9.18 Å². The SMILES string of the molecule is Nc1c(NCCF)nc[nH]c1=O. The fourth-order valence-corrected chi connectivity index (χ4v) is 0.717. The lowest BCUT2D eigenvalue weighted by Crippen LogP contribution is -2.17. The molecule has 1 heterocycles. The molecular weight excluding hydrogens is 163 g/mol. The number of halogens is 1. The third-order valence-electron chi connectivity index (χ3n) is 1.28. The van der Waals surface area contributed by atoms with Crippen molar-refractivity contribution < 1.29 is 4.39 Å². The van der Waals surface area contributed by atoms with E-state index in [0.29, 0.717) is 0 Å². The highest BCUT2D eigenvalue weighted by Gasteiger charge is 2.01. The van der Waals surface area contributed by atoms with Crippen LogP contribution in [-0.2, 0) is 0 Å². The van der Waals surface area contributed by atoms with E-state index in [1.165, 1.54) is 6.33 Å². The lowest BCUT2D eigenvalue weighted by Gasteiger charge is -2.03. The van der Waals surface area contributed by atoms with Crippen LogP contribution in [0, 0.1) is 0 Å². The van der Waals surface area contributed by atoms with E-state index >= 15 is 0 Å². The van der Waals surface area contributed by atoms with Gasteiger partial charge < -0.3 is 16.0 Å². The molecule has 0 spiro atoms. The highest BCUT2D eigenvalue weighted by molar-refractivity contribution is 5.58. The van der Waals surface area contributed by atoms with Crippen molar-refractivity contribution in [1.82, 2.24) is 9.97 Å². The first-order chi connectivity index (χ1) is 5.75. The number of hydrogen-bond donors (Lipinski definition) is 3. The van der Waals surface area contributed by atoms with Crippen LogP contribution in [0.3, 0.4) is 0 Å². The Balaban J connectivity index is 2.85. The Bertz CT molecular complexity index is 311. The monoisotopic (exact) mass is 172 g/mol. The Morgan fingerprint density at radius 2 is 2.50 bits per heavy atom. The summed E-state index contributed by atoms with van der Waals surface area (Å²) in [5.41, 5.74) is 4.89. The van der Waals surface area contributed by atoms with Gasteiger partial charge >= 0.3 is 0 Å². The smallest absolute Gasteiger partial charge is 0.276 e. The Hall–Kier alpha value is -1.59. The molecule has 1 aromatic rings. The molecule has 0 radical (unpaired) electrons. The second-order valence-electron chi connectivity index (χ2n) is 2.11. The summed E-state index contributed by atoms with van der Waals surface area (Å²) in [7, 11) is 0. The number of H-pyrrole nitrogens is 1. The summed E-state index contributed by atoms with van der Waals surface area (Å²) in [4.78, 5) is 16.9. The first kappa shape index (κ1) is 8.51. The molecule has 1 aromatic heterocycles. The van der Waals surface area contributed by atoms with Crippen molar-refractivity contribution in [1.29, 1.82) is 0 Å². The molecular formula is C6H9FN4O. The lowest BCUT2D eigenvalue weighted by molar-refractivity contribution is 0.512. The Morgan fingerprint density at radius 1 is 1.75 bits per heavy atom. The van der Waals surface area contributed by atoms with Crippen molar-refractivity contribution in [3.8, 4) is 0 Å². The fourth-order valence-electron chi connectivity index (χ4n) is 0.717. The molecule has 0 aliphatic carbocycles. The number of hydrogen-bond acceptors (Lipinski definition) is 4. The molecule has 66 valence electrons. The van der Waals surface area contributed by atoms with Crippen molar-refractivity contribution in [2.75, 3.05) is 24.3 Å². The summed E-state index contributed by atoms with van der Waals surface area (Å²) in [6, 6.07) is 0. The number of nitrogens with zero attached hydrogens (tertiary/aromatic N) is 1. The first-order valence-electron chi connectivity index (χ1n) is 3.38. The van der Waals surface area contributed by atoms with Crippen molar-refractivity contribution in [3.63, 3.8) is 0 Å². The highest BCUT2D eigenvalue weighted by atomic mass is 19.1. The van der Waals surface area contributed by atoms with Crippen LogP contribution < -0.4 is 16.6 Å². The average molecular weight is 172 g/mol. The average Bonchev–Trinajstić information content (AvgIpc) is 2.08. The zero-order valence-electron chi connectivity index (χ0n) is 6.30. The summed E-state index contributed by atoms with van der Waals surface area (Å²) in [5.74, 6) is 0.219. The van der Waals surface area contributed by atoms with Gasteiger partial charge in [-0.05, 0) is 0 Å². The van der Waals surface area contributed by atoms with Crippen molar-refractivity contribution >= 4 is 11.5 Å². The predicted molar refractivity (Wildman–Crippen MR) is 43.7 cm³/mol. The minimum absolute atomic E-state index is 0.0223. The van der Waals surface area contributed by atoms with Crippen molar-refractivity contribution in [3.05, 3.63) is 16.7 Å². The van der Waals surface area contributed by atoms with Gasteiger partial charge in [-0.2, -0.15) is 0 Å². The van der Waals surface area contributed by atoms with E-state index in [1.807, 2.05) is 0 Å². The van der Waals surface area contributed by atoms with E-state index in [2.05, 4.69) is 15.3 Å². The highest BCUT2D eigenvalue weighted by Crippen LogP contribution is 2.05. The Labute approximate surface area is 67.8 Å². The quantitative estimate of drug-likeness (QED) is 0.586. The maximum absolute atomic E-state index is 11.7. The summed E-state index contributed by atoms with van der Waals surface area (Å²) in [6.45, 7) is -0.436. The number of aromatic nitrogens is 2. The number of aromatic amines is 1. The topological polar surface area (TPSA) is 83.8 Å². The van der Waals surface area contributed by atoms with Crippen molar-refractivity contribution in [2.24, 2.45) is 0 Å². The second kappa shape index (κ2) is 3.70. The van der Waals surface area contributed by atoms with Crippen LogP contribution in [0.15, 0.2) is 11.1 Å². The van der Waals surface area contributed by atoms with Gasteiger partial charge in [-0.15, -0.1) is 0 Å². The molecule has 0 bridgehead atoms. The van der Waals surface area contributed by atoms with Gasteiger partial charge in [0.15, 0.2) is 5.82 Å². The van der Waals surface area contributed by atoms with Gasteiger partial charge in [-0.3, -0.25) is 4.79 Å². The van der Waals surface area contributed by atoms with E-state index in [-0.39, 0.29) is 18.1 Å². The number of rotatable bonds is 3. The second-order valence-corrected chi connectivity index (χ2v) is 2.11. The van der Waals surface area contributed by atoms with E-state index < -0.39 is 12.2 Å². The molecule has 12 heavy (non-hydrogen) atoms. The number of anilines is 2. The predicted octanol–water partition coefficient (Wildman–Crippen LogP) is -0.266. The molecule has 4 N–H and O–H groups in total. The molecule has 0 aliphatic rings. The minimum atomic E-state index is -0.534. The molecule has 1 rings (SSSR count). The third kappa shape index (κ3) is 1.71. The fraction of sp³-hybridized carbons (Fsp3) is 0.333. The molecule has 0 aliphatic heterocycles. The maximum Gasteiger partial charge on any atom is 0.276 e. The molecule has 0 atom stereocenters. The largest absolute Gasteiger partial charge is 0.391 e. The maximum atomic E-state index is 11.7. The third-order valence-corrected chi connectivity index (χ3v) is 1.28. The number of nitrogen functional groups attached to an aromatic ring is 1. The molecule has 0 saturated carbocycles. The van der Waals surface area contributed by atoms with E-state index in [1.54, 1.807) is 0 Å². The van der Waals surface area contributed by atoms with Crippen molar-refractivity contribution in [2.45, 2.75) is 0 Å². The van der Waals surface area contributed by atoms with Crippen LogP contribution >= 0.6 is 0 Å². The van der Waals surface area contributed by atoms with Crippen LogP contribution in [0.25, 0.3) is 0 Å². The van der Waals surface area contributed by atoms with Gasteiger partial charge in [0, 0.05) is 6.54 Å². The normalized spacial score (nSPS) is 9.75. The van der Waals surface area contributed by atoms with Gasteiger partial charge in [0.1, 0.15) is 12.4 Å². The van der Waals surface area contributed by atoms with Crippen LogP contribution in [0.5, 0.6) is 0 Å². The standard InChI is InChI=1S/C6H9FN4O/c7-1-2-9-5-4(8)6(12)11-3-10-5/h3H,1-2,8H2,(H2,9,10,11,12). The molecule has 0 unspecified atom stereocenters. The number of alkyl halides is 1. The Kier molecular flexibility index (Phi) is 2.62. The van der Waals surface area contributed by atoms with Crippen LogP contribution in [-0.4, -0.2) is 23.2 Å². The van der Waals surface area contributed by atoms with Crippen LogP contribution in [0.1, 0.15) is 0 Å². The molecule has 6 heteroatoms. The lowest BCUT2D eigenvalue weighted by atomic mass is 10.4. The number of nitrogens with one attached hydrogen (secondary N) is 2. The number of nitrogens with two attached hydrogens (primary N) is 1. The van der Waals surface area contributed by atoms with Gasteiger partial charge in [0.25, 0.3) is 5.56 Å². The van der Waals surface area contributed by atoms with Crippen LogP contribution in [0.2, 0.25) is 0 Å². The first-order valence-corrected chi connectivity index (χ1v) is 3.38. The summed E-state index contributed by atoms with van der Waals surface area (Å²) in [5, 5.41) is 2.57. The molecule has 0 amide bonds. The van der Waals surface area contributed by atoms with Gasteiger partial charge in [-0.1, -0.05) is 0 Å². The molecule has 0 aromatic carbocycles. The molecule has 0 fully saturated rings. The van der Waals surface area contributed by atoms with E-state index in [4.69, 9.17) is 5.73 Å². The van der Waals surface area contributed by atoms with Gasteiger partial charge in [0.05, 0.1) is 6.33 Å². The molecule has 5 nitrogen and oxygen atoms in total. The zero-order chi connectivity index (χ0) is 8.97. The van der Waals surface area contributed by atoms with Crippen LogP contribution in [0.4, 0.5) is 15.9 Å². The van der Waals surface area contributed by atoms with Gasteiger partial charge in [0.2, 0.25) is 0 Å².